The zero-order valence-electron chi connectivity index (χ0n) is 9.48. The molecule has 1 aromatic carbocycles. The fourth-order valence-corrected chi connectivity index (χ4v) is 2.47. The van der Waals surface area contributed by atoms with Gasteiger partial charge in [0.05, 0.1) is 9.92 Å². The van der Waals surface area contributed by atoms with Crippen LogP contribution in [0, 0.1) is 5.82 Å². The van der Waals surface area contributed by atoms with E-state index in [1.807, 2.05) is 0 Å². The molecule has 5 heteroatoms. The first-order valence-electron chi connectivity index (χ1n) is 5.17. The van der Waals surface area contributed by atoms with Crippen molar-refractivity contribution in [2.45, 2.75) is 16.8 Å². The van der Waals surface area contributed by atoms with E-state index in [0.717, 1.165) is 11.8 Å². The Bertz CT molecular complexity index is 586. The van der Waals surface area contributed by atoms with E-state index < -0.39 is 5.82 Å². The van der Waals surface area contributed by atoms with Crippen molar-refractivity contribution in [1.82, 2.24) is 4.98 Å². The van der Waals surface area contributed by atoms with Crippen molar-refractivity contribution in [3.05, 3.63) is 52.9 Å². The lowest BCUT2D eigenvalue weighted by Crippen LogP contribution is -1.97. The van der Waals surface area contributed by atoms with E-state index in [1.54, 1.807) is 18.2 Å². The Labute approximate surface area is 113 Å². The Morgan fingerprint density at radius 3 is 2.72 bits per heavy atom. The summed E-state index contributed by atoms with van der Waals surface area (Å²) in [5, 5.41) is 1.10. The average Bonchev–Trinajstić information content (AvgIpc) is 2.34. The highest BCUT2D eigenvalue weighted by atomic mass is 35.5. The third-order valence-corrected chi connectivity index (χ3v) is 3.55. The van der Waals surface area contributed by atoms with Crippen molar-refractivity contribution in [2.24, 2.45) is 0 Å². The molecule has 1 heterocycles. The number of benzene rings is 1. The molecule has 1 aromatic heterocycles. The summed E-state index contributed by atoms with van der Waals surface area (Å²) in [4.78, 5) is 15.8. The van der Waals surface area contributed by atoms with E-state index in [1.165, 1.54) is 25.3 Å². The van der Waals surface area contributed by atoms with Crippen molar-refractivity contribution in [1.29, 1.82) is 0 Å². The minimum atomic E-state index is -0.426. The Kier molecular flexibility index (Phi) is 3.99. The summed E-state index contributed by atoms with van der Waals surface area (Å²) >= 11 is 6.84. The molecule has 2 rings (SSSR count). The first kappa shape index (κ1) is 13.1. The van der Waals surface area contributed by atoms with Gasteiger partial charge in [-0.15, -0.1) is 0 Å². The molecule has 18 heavy (non-hydrogen) atoms. The molecule has 0 saturated carbocycles. The van der Waals surface area contributed by atoms with Gasteiger partial charge in [0, 0.05) is 11.8 Å². The van der Waals surface area contributed by atoms with Crippen molar-refractivity contribution in [2.75, 3.05) is 0 Å². The molecule has 0 bridgehead atoms. The molecule has 0 spiro atoms. The summed E-state index contributed by atoms with van der Waals surface area (Å²) in [5.74, 6) is -0.601. The summed E-state index contributed by atoms with van der Waals surface area (Å²) in [6.07, 6.45) is 1.48. The van der Waals surface area contributed by atoms with E-state index in [2.05, 4.69) is 4.98 Å². The number of rotatable bonds is 3. The van der Waals surface area contributed by atoms with Crippen LogP contribution in [0.5, 0.6) is 0 Å². The average molecular weight is 282 g/mol. The first-order valence-corrected chi connectivity index (χ1v) is 6.36. The molecule has 0 saturated heterocycles. The second-order valence-electron chi connectivity index (χ2n) is 3.59. The van der Waals surface area contributed by atoms with Gasteiger partial charge in [-0.05, 0) is 25.1 Å². The van der Waals surface area contributed by atoms with Crippen LogP contribution in [0.1, 0.15) is 17.3 Å². The van der Waals surface area contributed by atoms with Crippen LogP contribution < -0.4 is 0 Å². The van der Waals surface area contributed by atoms with Crippen LogP contribution in [-0.2, 0) is 0 Å². The molecule has 0 amide bonds. The summed E-state index contributed by atoms with van der Waals surface area (Å²) in [7, 11) is 0. The highest BCUT2D eigenvalue weighted by Gasteiger charge is 2.13. The number of halogens is 2. The maximum absolute atomic E-state index is 13.7. The number of nitrogens with zero attached hydrogens (tertiary/aromatic N) is 1. The molecule has 0 N–H and O–H groups in total. The van der Waals surface area contributed by atoms with Gasteiger partial charge < -0.3 is 0 Å². The lowest BCUT2D eigenvalue weighted by atomic mass is 10.1. The van der Waals surface area contributed by atoms with Crippen LogP contribution in [-0.4, -0.2) is 10.8 Å². The highest BCUT2D eigenvalue weighted by Crippen LogP contribution is 2.32. The fraction of sp³-hybridized carbons (Fsp3) is 0.0769. The third kappa shape index (κ3) is 2.89. The molecule has 0 aliphatic rings. The molecule has 2 aromatic rings. The molecule has 0 aliphatic heterocycles. The minimum Gasteiger partial charge on any atom is -0.294 e. The van der Waals surface area contributed by atoms with E-state index in [0.29, 0.717) is 20.5 Å². The third-order valence-electron chi connectivity index (χ3n) is 2.25. The van der Waals surface area contributed by atoms with Crippen molar-refractivity contribution in [3.63, 3.8) is 0 Å². The quantitative estimate of drug-likeness (QED) is 0.789. The van der Waals surface area contributed by atoms with Crippen LogP contribution in [0.15, 0.2) is 46.5 Å². The largest absolute Gasteiger partial charge is 0.294 e. The Morgan fingerprint density at radius 2 is 2.11 bits per heavy atom. The van der Waals surface area contributed by atoms with Gasteiger partial charge in [0.2, 0.25) is 0 Å². The summed E-state index contributed by atoms with van der Waals surface area (Å²) in [6.45, 7) is 1.41. The number of carbonyl (C=O) groups is 1. The van der Waals surface area contributed by atoms with Crippen molar-refractivity contribution in [3.8, 4) is 0 Å². The van der Waals surface area contributed by atoms with Crippen LogP contribution in [0.3, 0.4) is 0 Å². The lowest BCUT2D eigenvalue weighted by molar-refractivity contribution is 0.101. The van der Waals surface area contributed by atoms with Gasteiger partial charge in [-0.3, -0.25) is 4.79 Å². The minimum absolute atomic E-state index is 0.175. The predicted octanol–water partition coefficient (Wildman–Crippen LogP) is 4.23. The molecule has 92 valence electrons. The van der Waals surface area contributed by atoms with Crippen LogP contribution in [0.2, 0.25) is 5.02 Å². The monoisotopic (exact) mass is 281 g/mol. The zero-order chi connectivity index (χ0) is 13.1. The lowest BCUT2D eigenvalue weighted by Gasteiger charge is -2.07. The summed E-state index contributed by atoms with van der Waals surface area (Å²) in [5.41, 5.74) is 0.358. The number of ketones is 1. The second kappa shape index (κ2) is 5.50. The second-order valence-corrected chi connectivity index (χ2v) is 5.06. The van der Waals surface area contributed by atoms with Crippen LogP contribution in [0.4, 0.5) is 4.39 Å². The summed E-state index contributed by atoms with van der Waals surface area (Å²) < 4.78 is 13.7. The molecular weight excluding hydrogens is 273 g/mol. The fourth-order valence-electron chi connectivity index (χ4n) is 1.42. The highest BCUT2D eigenvalue weighted by molar-refractivity contribution is 7.99. The first-order chi connectivity index (χ1) is 8.58. The number of aromatic nitrogens is 1. The predicted molar refractivity (Wildman–Crippen MR) is 69.8 cm³/mol. The molecule has 0 atom stereocenters. The zero-order valence-corrected chi connectivity index (χ0v) is 11.1. The van der Waals surface area contributed by atoms with Crippen LogP contribution >= 0.6 is 23.4 Å². The van der Waals surface area contributed by atoms with Gasteiger partial charge in [-0.1, -0.05) is 35.5 Å². The van der Waals surface area contributed by atoms with E-state index in [4.69, 9.17) is 11.6 Å². The van der Waals surface area contributed by atoms with Crippen molar-refractivity contribution >= 4 is 29.1 Å². The maximum Gasteiger partial charge on any atom is 0.161 e. The molecule has 0 fully saturated rings. The molecule has 0 radical (unpaired) electrons. The molecule has 0 aliphatic carbocycles. The van der Waals surface area contributed by atoms with Gasteiger partial charge in [0.25, 0.3) is 0 Å². The van der Waals surface area contributed by atoms with Gasteiger partial charge in [-0.25, -0.2) is 9.37 Å². The standard InChI is InChI=1S/C13H9ClFNOS/c1-8(17)10-3-2-4-11(15)13(10)18-12-6-5-9(14)7-16-12/h2-7H,1H3. The number of hydrogen-bond acceptors (Lipinski definition) is 3. The van der Waals surface area contributed by atoms with Gasteiger partial charge in [-0.2, -0.15) is 0 Å². The van der Waals surface area contributed by atoms with Gasteiger partial charge >= 0.3 is 0 Å². The van der Waals surface area contributed by atoms with E-state index in [9.17, 15) is 9.18 Å². The number of carbonyl (C=O) groups excluding carboxylic acids is 1. The maximum atomic E-state index is 13.7. The van der Waals surface area contributed by atoms with Gasteiger partial charge in [0.15, 0.2) is 5.78 Å². The Hall–Kier alpha value is -1.39. The van der Waals surface area contributed by atoms with Gasteiger partial charge in [0.1, 0.15) is 10.8 Å². The number of Topliss-reactive ketones (excluding diaryl/α,β-unsaturated/α-hetero) is 1. The Morgan fingerprint density at radius 1 is 1.33 bits per heavy atom. The Balaban J connectivity index is 2.39. The normalized spacial score (nSPS) is 10.4. The van der Waals surface area contributed by atoms with E-state index in [-0.39, 0.29) is 5.78 Å². The SMILES string of the molecule is CC(=O)c1cccc(F)c1Sc1ccc(Cl)cn1. The van der Waals surface area contributed by atoms with Crippen molar-refractivity contribution < 1.29 is 9.18 Å². The van der Waals surface area contributed by atoms with E-state index >= 15 is 0 Å². The van der Waals surface area contributed by atoms with Crippen LogP contribution in [0.25, 0.3) is 0 Å². The molecule has 2 nitrogen and oxygen atoms in total. The molecule has 0 unspecified atom stereocenters. The topological polar surface area (TPSA) is 30.0 Å². The summed E-state index contributed by atoms with van der Waals surface area (Å²) in [6, 6.07) is 7.80. The molecular formula is C13H9ClFNOS. The smallest absolute Gasteiger partial charge is 0.161 e. The number of pyridine rings is 1. The number of hydrogen-bond donors (Lipinski definition) is 0.